The van der Waals surface area contributed by atoms with Gasteiger partial charge in [-0.15, -0.1) is 0 Å². The maximum atomic E-state index is 12.9. The van der Waals surface area contributed by atoms with Crippen molar-refractivity contribution in [2.45, 2.75) is 37.6 Å². The van der Waals surface area contributed by atoms with Gasteiger partial charge in [0.25, 0.3) is 5.91 Å². The van der Waals surface area contributed by atoms with Gasteiger partial charge in [0.1, 0.15) is 5.82 Å². The lowest BCUT2D eigenvalue weighted by Gasteiger charge is -2.31. The van der Waals surface area contributed by atoms with E-state index in [1.165, 1.54) is 0 Å². The molecule has 2 aromatic rings. The van der Waals surface area contributed by atoms with E-state index in [2.05, 4.69) is 9.97 Å². The zero-order chi connectivity index (χ0) is 22.4. The summed E-state index contributed by atoms with van der Waals surface area (Å²) in [5.41, 5.74) is 2.67. The molecule has 1 atom stereocenters. The first kappa shape index (κ1) is 23.1. The number of hydrogen-bond donors (Lipinski definition) is 0. The fourth-order valence-electron chi connectivity index (χ4n) is 3.51. The highest BCUT2D eigenvalue weighted by Crippen LogP contribution is 2.24. The number of esters is 1. The van der Waals surface area contributed by atoms with Crippen LogP contribution in [-0.2, 0) is 15.3 Å². The summed E-state index contributed by atoms with van der Waals surface area (Å²) in [4.78, 5) is 37.7. The predicted molar refractivity (Wildman–Crippen MR) is 122 cm³/mol. The van der Waals surface area contributed by atoms with E-state index in [4.69, 9.17) is 4.74 Å². The van der Waals surface area contributed by atoms with E-state index in [1.54, 1.807) is 23.6 Å². The fourth-order valence-corrected chi connectivity index (χ4v) is 4.36. The van der Waals surface area contributed by atoms with Crippen molar-refractivity contribution >= 4 is 29.5 Å². The highest BCUT2D eigenvalue weighted by atomic mass is 32.2. The summed E-state index contributed by atoms with van der Waals surface area (Å²) in [6.45, 7) is 5.23. The molecular formula is C23H30N4O3S. The van der Waals surface area contributed by atoms with Gasteiger partial charge in [-0.25, -0.2) is 9.97 Å². The van der Waals surface area contributed by atoms with Gasteiger partial charge >= 0.3 is 5.97 Å². The van der Waals surface area contributed by atoms with Crippen LogP contribution in [0, 0.1) is 12.8 Å². The molecule has 1 aliphatic heterocycles. The van der Waals surface area contributed by atoms with Gasteiger partial charge in [0, 0.05) is 50.3 Å². The molecule has 166 valence electrons. The molecule has 3 rings (SSSR count). The lowest BCUT2D eigenvalue weighted by atomic mass is 9.97. The van der Waals surface area contributed by atoms with Crippen LogP contribution in [0.15, 0.2) is 35.5 Å². The Morgan fingerprint density at radius 2 is 1.97 bits per heavy atom. The third kappa shape index (κ3) is 6.19. The van der Waals surface area contributed by atoms with Crippen LogP contribution in [0.4, 0.5) is 5.82 Å². The second kappa shape index (κ2) is 10.6. The number of ether oxygens (including phenoxy) is 1. The van der Waals surface area contributed by atoms with Crippen molar-refractivity contribution in [1.29, 1.82) is 0 Å². The van der Waals surface area contributed by atoms with E-state index >= 15 is 0 Å². The number of amides is 1. The van der Waals surface area contributed by atoms with Gasteiger partial charge in [-0.2, -0.15) is 0 Å². The molecule has 0 N–H and O–H groups in total. The van der Waals surface area contributed by atoms with Crippen LogP contribution in [-0.4, -0.2) is 60.5 Å². The summed E-state index contributed by atoms with van der Waals surface area (Å²) < 4.78 is 5.13. The van der Waals surface area contributed by atoms with Gasteiger partial charge in [0.2, 0.25) is 0 Å². The number of benzene rings is 1. The summed E-state index contributed by atoms with van der Waals surface area (Å²) in [5, 5.41) is 0.738. The number of aryl methyl sites for hydroxylation is 1. The molecule has 1 aromatic heterocycles. The Morgan fingerprint density at radius 1 is 1.23 bits per heavy atom. The average molecular weight is 443 g/mol. The Bertz CT molecular complexity index is 918. The molecule has 0 aliphatic carbocycles. The molecule has 1 amide bonds. The predicted octanol–water partition coefficient (Wildman–Crippen LogP) is 3.56. The molecule has 0 spiro atoms. The van der Waals surface area contributed by atoms with Gasteiger partial charge < -0.3 is 14.5 Å². The van der Waals surface area contributed by atoms with Crippen molar-refractivity contribution in [3.63, 3.8) is 0 Å². The van der Waals surface area contributed by atoms with E-state index in [1.807, 2.05) is 56.3 Å². The molecule has 1 aliphatic rings. The standard InChI is InChI=1S/C23H30N4O3S/c1-5-30-22(29)19-7-6-12-27(14-19)21(28)18-10-8-17(9-11-18)15-31-23-24-16(2)13-20(25-23)26(3)4/h8-11,13,19H,5-7,12,14-15H2,1-4H3. The second-order valence-corrected chi connectivity index (χ2v) is 8.81. The van der Waals surface area contributed by atoms with E-state index < -0.39 is 0 Å². The molecule has 8 heteroatoms. The van der Waals surface area contributed by atoms with Gasteiger partial charge in [-0.05, 0) is 44.4 Å². The zero-order valence-electron chi connectivity index (χ0n) is 18.6. The molecule has 0 radical (unpaired) electrons. The average Bonchev–Trinajstić information content (AvgIpc) is 2.77. The van der Waals surface area contributed by atoms with Crippen molar-refractivity contribution in [3.05, 3.63) is 47.2 Å². The van der Waals surface area contributed by atoms with Crippen molar-refractivity contribution < 1.29 is 14.3 Å². The van der Waals surface area contributed by atoms with E-state index in [-0.39, 0.29) is 17.8 Å². The number of rotatable bonds is 7. The van der Waals surface area contributed by atoms with Crippen molar-refractivity contribution in [2.24, 2.45) is 5.92 Å². The lowest BCUT2D eigenvalue weighted by Crippen LogP contribution is -2.42. The van der Waals surface area contributed by atoms with Crippen LogP contribution < -0.4 is 4.90 Å². The molecule has 0 saturated carbocycles. The minimum atomic E-state index is -0.227. The van der Waals surface area contributed by atoms with Crippen LogP contribution >= 0.6 is 11.8 Å². The second-order valence-electron chi connectivity index (χ2n) is 7.87. The molecule has 1 unspecified atom stereocenters. The topological polar surface area (TPSA) is 75.6 Å². The molecular weight excluding hydrogens is 412 g/mol. The Hall–Kier alpha value is -2.61. The number of carbonyl (C=O) groups is 2. The SMILES string of the molecule is CCOC(=O)C1CCCN(C(=O)c2ccc(CSc3nc(C)cc(N(C)C)n3)cc2)C1. The highest BCUT2D eigenvalue weighted by molar-refractivity contribution is 7.98. The number of aromatic nitrogens is 2. The number of anilines is 1. The van der Waals surface area contributed by atoms with Crippen molar-refractivity contribution in [3.8, 4) is 0 Å². The smallest absolute Gasteiger partial charge is 0.310 e. The molecule has 0 bridgehead atoms. The third-order valence-electron chi connectivity index (χ3n) is 5.18. The third-order valence-corrected chi connectivity index (χ3v) is 6.09. The van der Waals surface area contributed by atoms with E-state index in [0.717, 1.165) is 40.8 Å². The zero-order valence-corrected chi connectivity index (χ0v) is 19.4. The minimum absolute atomic E-state index is 0.0363. The molecule has 1 aromatic carbocycles. The Kier molecular flexibility index (Phi) is 7.90. The molecule has 31 heavy (non-hydrogen) atoms. The summed E-state index contributed by atoms with van der Waals surface area (Å²) in [5.74, 6) is 1.14. The van der Waals surface area contributed by atoms with Crippen LogP contribution in [0.1, 0.15) is 41.4 Å². The Morgan fingerprint density at radius 3 is 2.65 bits per heavy atom. The number of carbonyl (C=O) groups excluding carboxylic acids is 2. The number of likely N-dealkylation sites (tertiary alicyclic amines) is 1. The van der Waals surface area contributed by atoms with Gasteiger partial charge in [0.15, 0.2) is 5.16 Å². The van der Waals surface area contributed by atoms with Crippen molar-refractivity contribution in [1.82, 2.24) is 14.9 Å². The van der Waals surface area contributed by atoms with Crippen LogP contribution in [0.5, 0.6) is 0 Å². The maximum Gasteiger partial charge on any atom is 0.310 e. The minimum Gasteiger partial charge on any atom is -0.466 e. The Labute approximate surface area is 188 Å². The quantitative estimate of drug-likeness (QED) is 0.369. The van der Waals surface area contributed by atoms with Crippen LogP contribution in [0.25, 0.3) is 0 Å². The summed E-state index contributed by atoms with van der Waals surface area (Å²) >= 11 is 1.57. The lowest BCUT2D eigenvalue weighted by molar-refractivity contribution is -0.149. The Balaban J connectivity index is 1.60. The number of nitrogens with zero attached hydrogens (tertiary/aromatic N) is 4. The normalized spacial score (nSPS) is 16.1. The van der Waals surface area contributed by atoms with E-state index in [0.29, 0.717) is 25.3 Å². The van der Waals surface area contributed by atoms with Crippen LogP contribution in [0.3, 0.4) is 0 Å². The first-order valence-electron chi connectivity index (χ1n) is 10.6. The first-order chi connectivity index (χ1) is 14.9. The molecule has 7 nitrogen and oxygen atoms in total. The van der Waals surface area contributed by atoms with Gasteiger partial charge in [0.05, 0.1) is 12.5 Å². The number of thioether (sulfide) groups is 1. The summed E-state index contributed by atoms with van der Waals surface area (Å²) in [7, 11) is 3.92. The maximum absolute atomic E-state index is 12.9. The monoisotopic (exact) mass is 442 g/mol. The summed E-state index contributed by atoms with van der Waals surface area (Å²) in [6.07, 6.45) is 1.59. The van der Waals surface area contributed by atoms with Gasteiger partial charge in [-0.3, -0.25) is 9.59 Å². The summed E-state index contributed by atoms with van der Waals surface area (Å²) in [6, 6.07) is 9.60. The molecule has 1 fully saturated rings. The highest BCUT2D eigenvalue weighted by Gasteiger charge is 2.29. The first-order valence-corrected chi connectivity index (χ1v) is 11.6. The molecule has 2 heterocycles. The van der Waals surface area contributed by atoms with E-state index in [9.17, 15) is 9.59 Å². The molecule has 1 saturated heterocycles. The fraction of sp³-hybridized carbons (Fsp3) is 0.478. The van der Waals surface area contributed by atoms with Gasteiger partial charge in [-0.1, -0.05) is 23.9 Å². The number of hydrogen-bond acceptors (Lipinski definition) is 7. The van der Waals surface area contributed by atoms with Crippen molar-refractivity contribution in [2.75, 3.05) is 38.7 Å². The largest absolute Gasteiger partial charge is 0.466 e. The number of piperidine rings is 1. The van der Waals surface area contributed by atoms with Crippen LogP contribution in [0.2, 0.25) is 0 Å².